The van der Waals surface area contributed by atoms with E-state index < -0.39 is 11.7 Å². The molecular formula is C11H11ClF3N. The summed E-state index contributed by atoms with van der Waals surface area (Å²) in [5, 5.41) is 2.93. The lowest BCUT2D eigenvalue weighted by Gasteiger charge is -2.14. The molecule has 88 valence electrons. The minimum atomic E-state index is -4.36. The van der Waals surface area contributed by atoms with Crippen LogP contribution in [-0.2, 0) is 6.18 Å². The third-order valence-electron chi connectivity index (χ3n) is 2.57. The third-order valence-corrected chi connectivity index (χ3v) is 2.80. The lowest BCUT2D eigenvalue weighted by atomic mass is 10.1. The van der Waals surface area contributed by atoms with Gasteiger partial charge in [-0.05, 0) is 37.0 Å². The molecule has 0 saturated heterocycles. The summed E-state index contributed by atoms with van der Waals surface area (Å²) in [6, 6.07) is 3.80. The summed E-state index contributed by atoms with van der Waals surface area (Å²) in [5.74, 6) is 0.525. The molecule has 0 aliphatic heterocycles. The SMILES string of the molecule is FC(F)(F)c1cc(Cl)ccc1NCC1CC1. The highest BCUT2D eigenvalue weighted by atomic mass is 35.5. The lowest BCUT2D eigenvalue weighted by Crippen LogP contribution is -2.12. The van der Waals surface area contributed by atoms with Crippen molar-refractivity contribution in [2.75, 3.05) is 11.9 Å². The molecule has 1 aliphatic carbocycles. The van der Waals surface area contributed by atoms with Crippen molar-refractivity contribution < 1.29 is 13.2 Å². The summed E-state index contributed by atoms with van der Waals surface area (Å²) >= 11 is 5.57. The van der Waals surface area contributed by atoms with E-state index in [1.807, 2.05) is 0 Å². The molecule has 0 heterocycles. The molecule has 0 bridgehead atoms. The van der Waals surface area contributed by atoms with Crippen LogP contribution < -0.4 is 5.32 Å². The Balaban J connectivity index is 2.20. The maximum absolute atomic E-state index is 12.7. The monoisotopic (exact) mass is 249 g/mol. The van der Waals surface area contributed by atoms with Crippen LogP contribution in [0.3, 0.4) is 0 Å². The Bertz CT molecular complexity index is 385. The van der Waals surface area contributed by atoms with Gasteiger partial charge in [0.15, 0.2) is 0 Å². The highest BCUT2D eigenvalue weighted by molar-refractivity contribution is 6.30. The Hall–Kier alpha value is -0.900. The fourth-order valence-corrected chi connectivity index (χ4v) is 1.65. The van der Waals surface area contributed by atoms with Gasteiger partial charge in [-0.25, -0.2) is 0 Å². The van der Waals surface area contributed by atoms with Crippen LogP contribution in [0.2, 0.25) is 5.02 Å². The number of nitrogens with one attached hydrogen (secondary N) is 1. The second-order valence-corrected chi connectivity index (χ2v) is 4.45. The first-order valence-corrected chi connectivity index (χ1v) is 5.45. The van der Waals surface area contributed by atoms with E-state index in [0.717, 1.165) is 18.9 Å². The van der Waals surface area contributed by atoms with Crippen LogP contribution in [0.25, 0.3) is 0 Å². The molecule has 0 atom stereocenters. The van der Waals surface area contributed by atoms with Crippen molar-refractivity contribution >= 4 is 17.3 Å². The average Bonchev–Trinajstić information content (AvgIpc) is 2.98. The lowest BCUT2D eigenvalue weighted by molar-refractivity contribution is -0.136. The summed E-state index contributed by atoms with van der Waals surface area (Å²) in [6.07, 6.45) is -2.17. The molecule has 1 aromatic carbocycles. The first-order valence-electron chi connectivity index (χ1n) is 5.07. The first kappa shape index (κ1) is 11.6. The molecule has 1 N–H and O–H groups in total. The molecule has 1 aromatic rings. The zero-order valence-electron chi connectivity index (χ0n) is 8.44. The number of hydrogen-bond acceptors (Lipinski definition) is 1. The number of halogens is 4. The van der Waals surface area contributed by atoms with E-state index in [1.165, 1.54) is 12.1 Å². The fourth-order valence-electron chi connectivity index (χ4n) is 1.48. The predicted molar refractivity (Wildman–Crippen MR) is 57.7 cm³/mol. The van der Waals surface area contributed by atoms with Crippen LogP contribution in [0.4, 0.5) is 18.9 Å². The van der Waals surface area contributed by atoms with Crippen LogP contribution in [0.15, 0.2) is 18.2 Å². The molecule has 0 amide bonds. The summed E-state index contributed by atoms with van der Waals surface area (Å²) in [4.78, 5) is 0. The maximum atomic E-state index is 12.7. The van der Waals surface area contributed by atoms with Crippen molar-refractivity contribution in [1.82, 2.24) is 0 Å². The van der Waals surface area contributed by atoms with Gasteiger partial charge >= 0.3 is 6.18 Å². The molecule has 1 aliphatic rings. The molecule has 1 saturated carbocycles. The Morgan fingerprint density at radius 1 is 1.31 bits per heavy atom. The van der Waals surface area contributed by atoms with Gasteiger partial charge in [0.05, 0.1) is 5.56 Å². The van der Waals surface area contributed by atoms with Gasteiger partial charge in [0, 0.05) is 17.3 Å². The van der Waals surface area contributed by atoms with Gasteiger partial charge < -0.3 is 5.32 Å². The van der Waals surface area contributed by atoms with E-state index in [0.29, 0.717) is 12.5 Å². The normalized spacial score (nSPS) is 16.2. The van der Waals surface area contributed by atoms with Crippen LogP contribution in [0.1, 0.15) is 18.4 Å². The number of benzene rings is 1. The van der Waals surface area contributed by atoms with Crippen molar-refractivity contribution in [3.8, 4) is 0 Å². The van der Waals surface area contributed by atoms with Crippen LogP contribution >= 0.6 is 11.6 Å². The summed E-state index contributed by atoms with van der Waals surface area (Å²) in [7, 11) is 0. The summed E-state index contributed by atoms with van der Waals surface area (Å²) < 4.78 is 38.0. The van der Waals surface area contributed by atoms with Gasteiger partial charge in [-0.15, -0.1) is 0 Å². The number of rotatable bonds is 3. The zero-order valence-corrected chi connectivity index (χ0v) is 9.20. The van der Waals surface area contributed by atoms with Crippen molar-refractivity contribution in [1.29, 1.82) is 0 Å². The van der Waals surface area contributed by atoms with Crippen LogP contribution in [0, 0.1) is 5.92 Å². The molecule has 1 fully saturated rings. The second-order valence-electron chi connectivity index (χ2n) is 4.01. The highest BCUT2D eigenvalue weighted by Gasteiger charge is 2.34. The van der Waals surface area contributed by atoms with Crippen molar-refractivity contribution in [2.24, 2.45) is 5.92 Å². The number of hydrogen-bond donors (Lipinski definition) is 1. The summed E-state index contributed by atoms with van der Waals surface area (Å²) in [5.41, 5.74) is -0.579. The quantitative estimate of drug-likeness (QED) is 0.847. The molecule has 0 radical (unpaired) electrons. The van der Waals surface area contributed by atoms with Gasteiger partial charge in [0.1, 0.15) is 0 Å². The topological polar surface area (TPSA) is 12.0 Å². The second kappa shape index (κ2) is 4.17. The van der Waals surface area contributed by atoms with Crippen LogP contribution in [-0.4, -0.2) is 6.54 Å². The van der Waals surface area contributed by atoms with Crippen molar-refractivity contribution in [2.45, 2.75) is 19.0 Å². The van der Waals surface area contributed by atoms with E-state index in [4.69, 9.17) is 11.6 Å². The number of alkyl halides is 3. The van der Waals surface area contributed by atoms with Crippen LogP contribution in [0.5, 0.6) is 0 Å². The van der Waals surface area contributed by atoms with E-state index in [9.17, 15) is 13.2 Å². The Kier molecular flexibility index (Phi) is 3.02. The van der Waals surface area contributed by atoms with Gasteiger partial charge in [0.25, 0.3) is 0 Å². The Morgan fingerprint density at radius 3 is 2.56 bits per heavy atom. The molecular weight excluding hydrogens is 239 g/mol. The maximum Gasteiger partial charge on any atom is 0.418 e. The fraction of sp³-hybridized carbons (Fsp3) is 0.455. The van der Waals surface area contributed by atoms with Crippen molar-refractivity contribution in [3.05, 3.63) is 28.8 Å². The standard InChI is InChI=1S/C11H11ClF3N/c12-8-3-4-10(16-6-7-1-2-7)9(5-8)11(13,14)15/h3-5,7,16H,1-2,6H2. The van der Waals surface area contributed by atoms with Crippen molar-refractivity contribution in [3.63, 3.8) is 0 Å². The largest absolute Gasteiger partial charge is 0.418 e. The molecule has 1 nitrogen and oxygen atoms in total. The predicted octanol–water partition coefficient (Wildman–Crippen LogP) is 4.18. The van der Waals surface area contributed by atoms with E-state index in [2.05, 4.69) is 5.32 Å². The first-order chi connectivity index (χ1) is 7.47. The van der Waals surface area contributed by atoms with Gasteiger partial charge in [0.2, 0.25) is 0 Å². The molecule has 0 spiro atoms. The van der Waals surface area contributed by atoms with E-state index in [-0.39, 0.29) is 10.7 Å². The molecule has 2 rings (SSSR count). The average molecular weight is 250 g/mol. The Labute approximate surface area is 96.6 Å². The molecule has 0 unspecified atom stereocenters. The highest BCUT2D eigenvalue weighted by Crippen LogP contribution is 2.37. The smallest absolute Gasteiger partial charge is 0.384 e. The van der Waals surface area contributed by atoms with E-state index >= 15 is 0 Å². The zero-order chi connectivity index (χ0) is 11.8. The van der Waals surface area contributed by atoms with Gasteiger partial charge in [-0.1, -0.05) is 11.6 Å². The van der Waals surface area contributed by atoms with E-state index in [1.54, 1.807) is 0 Å². The minimum Gasteiger partial charge on any atom is -0.384 e. The summed E-state index contributed by atoms with van der Waals surface area (Å²) in [6.45, 7) is 0.602. The third kappa shape index (κ3) is 2.82. The molecule has 16 heavy (non-hydrogen) atoms. The minimum absolute atomic E-state index is 0.101. The number of anilines is 1. The van der Waals surface area contributed by atoms with Gasteiger partial charge in [-0.2, -0.15) is 13.2 Å². The molecule has 0 aromatic heterocycles. The Morgan fingerprint density at radius 2 is 2.00 bits per heavy atom. The van der Waals surface area contributed by atoms with Gasteiger partial charge in [-0.3, -0.25) is 0 Å². The molecule has 5 heteroatoms.